The third-order valence-electron chi connectivity index (χ3n) is 5.41. The van der Waals surface area contributed by atoms with Crippen molar-refractivity contribution in [2.75, 3.05) is 6.61 Å². The number of hydrogen-bond acceptors (Lipinski definition) is 3. The minimum Gasteiger partial charge on any atom is -0.494 e. The summed E-state index contributed by atoms with van der Waals surface area (Å²) >= 11 is 0. The van der Waals surface area contributed by atoms with E-state index >= 15 is 0 Å². The molecule has 2 amide bonds. The van der Waals surface area contributed by atoms with Crippen molar-refractivity contribution in [2.24, 2.45) is 0 Å². The Labute approximate surface area is 186 Å². The molecule has 0 aromatic heterocycles. The molecule has 0 bridgehead atoms. The molecule has 2 atom stereocenters. The van der Waals surface area contributed by atoms with Crippen LogP contribution in [0.15, 0.2) is 54.6 Å². The number of benzene rings is 2. The molecule has 0 saturated carbocycles. The highest BCUT2D eigenvalue weighted by Gasteiger charge is 2.28. The Morgan fingerprint density at radius 2 is 1.68 bits per heavy atom. The van der Waals surface area contributed by atoms with Crippen LogP contribution in [0.25, 0.3) is 0 Å². The molecule has 0 heterocycles. The number of carbonyl (C=O) groups is 2. The van der Waals surface area contributed by atoms with Crippen LogP contribution in [0.4, 0.5) is 0 Å². The summed E-state index contributed by atoms with van der Waals surface area (Å²) < 4.78 is 5.76. The average molecular weight is 425 g/mol. The number of amides is 2. The summed E-state index contributed by atoms with van der Waals surface area (Å²) in [5.74, 6) is 0.693. The fourth-order valence-corrected chi connectivity index (χ4v) is 3.33. The number of rotatable bonds is 12. The van der Waals surface area contributed by atoms with Crippen molar-refractivity contribution in [3.63, 3.8) is 0 Å². The molecule has 5 nitrogen and oxygen atoms in total. The van der Waals surface area contributed by atoms with Gasteiger partial charge in [-0.15, -0.1) is 0 Å². The van der Waals surface area contributed by atoms with Gasteiger partial charge in [0.2, 0.25) is 11.8 Å². The summed E-state index contributed by atoms with van der Waals surface area (Å²) in [6.45, 7) is 8.88. The molecule has 31 heavy (non-hydrogen) atoms. The predicted octanol–water partition coefficient (Wildman–Crippen LogP) is 4.88. The highest BCUT2D eigenvalue weighted by Crippen LogP contribution is 2.16. The van der Waals surface area contributed by atoms with Crippen molar-refractivity contribution < 1.29 is 14.3 Å². The maximum atomic E-state index is 13.2. The van der Waals surface area contributed by atoms with Crippen LogP contribution in [0.3, 0.4) is 0 Å². The fraction of sp³-hybridized carbons (Fsp3) is 0.462. The van der Waals surface area contributed by atoms with Gasteiger partial charge in [0.1, 0.15) is 11.8 Å². The maximum Gasteiger partial charge on any atom is 0.243 e. The minimum atomic E-state index is -0.486. The lowest BCUT2D eigenvalue weighted by Crippen LogP contribution is -2.50. The molecule has 0 unspecified atom stereocenters. The molecule has 2 rings (SSSR count). The zero-order valence-electron chi connectivity index (χ0n) is 19.3. The van der Waals surface area contributed by atoms with E-state index in [4.69, 9.17) is 4.74 Å². The predicted molar refractivity (Wildman–Crippen MR) is 125 cm³/mol. The lowest BCUT2D eigenvalue weighted by atomic mass is 10.1. The number of aryl methyl sites for hydroxylation is 1. The topological polar surface area (TPSA) is 58.6 Å². The second-order valence-corrected chi connectivity index (χ2v) is 8.01. The molecule has 168 valence electrons. The third kappa shape index (κ3) is 8.08. The average Bonchev–Trinajstić information content (AvgIpc) is 2.78. The summed E-state index contributed by atoms with van der Waals surface area (Å²) in [4.78, 5) is 27.8. The second-order valence-electron chi connectivity index (χ2n) is 8.01. The van der Waals surface area contributed by atoms with Gasteiger partial charge in [0, 0.05) is 19.0 Å². The van der Waals surface area contributed by atoms with Crippen LogP contribution in [-0.4, -0.2) is 35.4 Å². The zero-order chi connectivity index (χ0) is 22.6. The summed E-state index contributed by atoms with van der Waals surface area (Å²) in [5, 5.41) is 3.04. The van der Waals surface area contributed by atoms with E-state index in [1.807, 2.05) is 82.3 Å². The molecule has 5 heteroatoms. The van der Waals surface area contributed by atoms with E-state index in [2.05, 4.69) is 5.32 Å². The molecule has 0 fully saturated rings. The molecule has 0 spiro atoms. The van der Waals surface area contributed by atoms with Crippen molar-refractivity contribution in [1.29, 1.82) is 0 Å². The Balaban J connectivity index is 2.02. The molecule has 0 aliphatic carbocycles. The number of carbonyl (C=O) groups excluding carboxylic acids is 2. The number of nitrogens with one attached hydrogen (secondary N) is 1. The van der Waals surface area contributed by atoms with Crippen LogP contribution in [0.1, 0.15) is 57.6 Å². The first-order chi connectivity index (χ1) is 14.9. The van der Waals surface area contributed by atoms with Crippen molar-refractivity contribution >= 4 is 11.8 Å². The van der Waals surface area contributed by atoms with Gasteiger partial charge in [-0.25, -0.2) is 0 Å². The monoisotopic (exact) mass is 424 g/mol. The van der Waals surface area contributed by atoms with Gasteiger partial charge in [0.15, 0.2) is 0 Å². The maximum absolute atomic E-state index is 13.2. The van der Waals surface area contributed by atoms with Gasteiger partial charge in [-0.3, -0.25) is 9.59 Å². The summed E-state index contributed by atoms with van der Waals surface area (Å²) in [6, 6.07) is 17.3. The Morgan fingerprint density at radius 3 is 2.29 bits per heavy atom. The van der Waals surface area contributed by atoms with Crippen molar-refractivity contribution in [1.82, 2.24) is 10.2 Å². The van der Waals surface area contributed by atoms with E-state index in [9.17, 15) is 9.59 Å². The standard InChI is InChI=1S/C26H36N2O3/c1-5-21(4)27-26(30)24(6-2)28(19-22-11-8-7-9-12-22)25(29)13-10-18-31-23-16-14-20(3)15-17-23/h7-9,11-12,14-17,21,24H,5-6,10,13,18-19H2,1-4H3,(H,27,30)/t21-,24+/m1/s1. The molecular formula is C26H36N2O3. The van der Waals surface area contributed by atoms with Crippen LogP contribution in [-0.2, 0) is 16.1 Å². The van der Waals surface area contributed by atoms with Crippen LogP contribution in [0.5, 0.6) is 5.75 Å². The molecule has 0 radical (unpaired) electrons. The minimum absolute atomic E-state index is 0.0255. The Kier molecular flexibility index (Phi) is 10.1. The molecule has 0 aliphatic rings. The summed E-state index contributed by atoms with van der Waals surface area (Å²) in [5.41, 5.74) is 2.20. The van der Waals surface area contributed by atoms with Crippen molar-refractivity contribution in [3.05, 3.63) is 65.7 Å². The molecule has 0 saturated heterocycles. The van der Waals surface area contributed by atoms with Gasteiger partial charge in [0.05, 0.1) is 6.61 Å². The van der Waals surface area contributed by atoms with Crippen molar-refractivity contribution in [3.8, 4) is 5.75 Å². The molecule has 2 aromatic rings. The first-order valence-electron chi connectivity index (χ1n) is 11.3. The highest BCUT2D eigenvalue weighted by atomic mass is 16.5. The van der Waals surface area contributed by atoms with E-state index in [0.29, 0.717) is 32.4 Å². The van der Waals surface area contributed by atoms with Crippen LogP contribution >= 0.6 is 0 Å². The molecule has 1 N–H and O–H groups in total. The van der Waals surface area contributed by atoms with E-state index in [-0.39, 0.29) is 17.9 Å². The van der Waals surface area contributed by atoms with E-state index in [1.54, 1.807) is 4.90 Å². The molecule has 0 aliphatic heterocycles. The zero-order valence-corrected chi connectivity index (χ0v) is 19.3. The van der Waals surface area contributed by atoms with Crippen LogP contribution < -0.4 is 10.1 Å². The SMILES string of the molecule is CC[C@@H](C)NC(=O)[C@H](CC)N(Cc1ccccc1)C(=O)CCCOc1ccc(C)cc1. The lowest BCUT2D eigenvalue weighted by molar-refractivity contribution is -0.141. The van der Waals surface area contributed by atoms with Crippen LogP contribution in [0, 0.1) is 6.92 Å². The smallest absolute Gasteiger partial charge is 0.243 e. The van der Waals surface area contributed by atoms with Gasteiger partial charge in [-0.2, -0.15) is 0 Å². The Hall–Kier alpha value is -2.82. The summed E-state index contributed by atoms with van der Waals surface area (Å²) in [7, 11) is 0. The third-order valence-corrected chi connectivity index (χ3v) is 5.41. The molecule has 2 aromatic carbocycles. The number of ether oxygens (including phenoxy) is 1. The normalized spacial score (nSPS) is 12.6. The lowest BCUT2D eigenvalue weighted by Gasteiger charge is -2.31. The van der Waals surface area contributed by atoms with Crippen molar-refractivity contribution in [2.45, 2.75) is 72.0 Å². The largest absolute Gasteiger partial charge is 0.494 e. The Bertz CT molecular complexity index is 805. The Morgan fingerprint density at radius 1 is 1.00 bits per heavy atom. The molecular weight excluding hydrogens is 388 g/mol. The second kappa shape index (κ2) is 12.8. The quantitative estimate of drug-likeness (QED) is 0.494. The fourth-order valence-electron chi connectivity index (χ4n) is 3.33. The van der Waals surface area contributed by atoms with Gasteiger partial charge in [0.25, 0.3) is 0 Å². The van der Waals surface area contributed by atoms with E-state index < -0.39 is 6.04 Å². The van der Waals surface area contributed by atoms with E-state index in [1.165, 1.54) is 5.56 Å². The summed E-state index contributed by atoms with van der Waals surface area (Å²) in [6.07, 6.45) is 2.36. The van der Waals surface area contributed by atoms with Gasteiger partial charge in [-0.1, -0.05) is 61.9 Å². The highest BCUT2D eigenvalue weighted by molar-refractivity contribution is 5.87. The number of nitrogens with zero attached hydrogens (tertiary/aromatic N) is 1. The first kappa shape index (κ1) is 24.4. The first-order valence-corrected chi connectivity index (χ1v) is 11.3. The van der Waals surface area contributed by atoms with Gasteiger partial charge < -0.3 is 15.0 Å². The van der Waals surface area contributed by atoms with Gasteiger partial charge in [-0.05, 0) is 50.8 Å². The van der Waals surface area contributed by atoms with Crippen LogP contribution in [0.2, 0.25) is 0 Å². The van der Waals surface area contributed by atoms with Gasteiger partial charge >= 0.3 is 0 Å². The number of hydrogen-bond donors (Lipinski definition) is 1. The van der Waals surface area contributed by atoms with E-state index in [0.717, 1.165) is 17.7 Å².